The molecule has 1 N–H and O–H groups in total. The molecule has 0 bridgehead atoms. The number of carbonyl (C=O) groups excluding carboxylic acids is 2. The van der Waals surface area contributed by atoms with E-state index in [-0.39, 0.29) is 24.2 Å². The van der Waals surface area contributed by atoms with Gasteiger partial charge in [0.05, 0.1) is 0 Å². The van der Waals surface area contributed by atoms with Gasteiger partial charge in [-0.2, -0.15) is 0 Å². The van der Waals surface area contributed by atoms with E-state index >= 15 is 0 Å². The van der Waals surface area contributed by atoms with Crippen LogP contribution in [0.5, 0.6) is 0 Å². The Bertz CT molecular complexity index is 536. The lowest BCUT2D eigenvalue weighted by Gasteiger charge is -2.18. The summed E-state index contributed by atoms with van der Waals surface area (Å²) < 4.78 is 26.1. The van der Waals surface area contributed by atoms with Gasteiger partial charge in [0, 0.05) is 31.4 Å². The van der Waals surface area contributed by atoms with Gasteiger partial charge in [-0.1, -0.05) is 0 Å². The van der Waals surface area contributed by atoms with Gasteiger partial charge in [-0.15, -0.1) is 0 Å². The lowest BCUT2D eigenvalue weighted by atomic mass is 10.3. The molecule has 0 aromatic heterocycles. The van der Waals surface area contributed by atoms with Crippen molar-refractivity contribution in [3.8, 4) is 0 Å². The lowest BCUT2D eigenvalue weighted by Crippen LogP contribution is -2.39. The fourth-order valence-corrected chi connectivity index (χ4v) is 2.05. The summed E-state index contributed by atoms with van der Waals surface area (Å²) in [4.78, 5) is 26.2. The molecule has 20 heavy (non-hydrogen) atoms. The number of anilines is 1. The quantitative estimate of drug-likeness (QED) is 0.906. The average Bonchev–Trinajstić information content (AvgIpc) is 2.75. The summed E-state index contributed by atoms with van der Waals surface area (Å²) in [7, 11) is 0. The van der Waals surface area contributed by atoms with E-state index in [9.17, 15) is 18.4 Å². The number of rotatable bonds is 4. The molecular formula is C13H15F2N3O2. The third-order valence-corrected chi connectivity index (χ3v) is 3.02. The van der Waals surface area contributed by atoms with Crippen LogP contribution < -0.4 is 10.2 Å². The Morgan fingerprint density at radius 2 is 2.05 bits per heavy atom. The molecule has 1 aliphatic heterocycles. The van der Waals surface area contributed by atoms with Crippen LogP contribution in [0.4, 0.5) is 19.3 Å². The number of halogens is 2. The second-order valence-corrected chi connectivity index (χ2v) is 4.41. The smallest absolute Gasteiger partial charge is 0.325 e. The SMILES string of the molecule is CCNC(=O)CN1CCN(c2ccc(F)c(F)c2)C1=O. The van der Waals surface area contributed by atoms with E-state index in [1.54, 1.807) is 6.92 Å². The molecule has 3 amide bonds. The number of benzene rings is 1. The van der Waals surface area contributed by atoms with Gasteiger partial charge in [0.25, 0.3) is 0 Å². The predicted octanol–water partition coefficient (Wildman–Crippen LogP) is 1.34. The Morgan fingerprint density at radius 1 is 1.30 bits per heavy atom. The maximum absolute atomic E-state index is 13.2. The Balaban J connectivity index is 2.07. The summed E-state index contributed by atoms with van der Waals surface area (Å²) in [5.41, 5.74) is 0.285. The van der Waals surface area contributed by atoms with E-state index in [2.05, 4.69) is 5.32 Å². The van der Waals surface area contributed by atoms with Crippen molar-refractivity contribution in [3.05, 3.63) is 29.8 Å². The minimum absolute atomic E-state index is 0.0349. The zero-order valence-electron chi connectivity index (χ0n) is 11.0. The molecule has 1 fully saturated rings. The van der Waals surface area contributed by atoms with Crippen molar-refractivity contribution < 1.29 is 18.4 Å². The van der Waals surface area contributed by atoms with Crippen LogP contribution in [0.3, 0.4) is 0 Å². The summed E-state index contributed by atoms with van der Waals surface area (Å²) in [6, 6.07) is 2.90. The van der Waals surface area contributed by atoms with Gasteiger partial charge in [-0.25, -0.2) is 13.6 Å². The molecule has 0 atom stereocenters. The number of hydrogen-bond donors (Lipinski definition) is 1. The third kappa shape index (κ3) is 2.87. The Labute approximate surface area is 115 Å². The van der Waals surface area contributed by atoms with Crippen LogP contribution in [-0.2, 0) is 4.79 Å². The molecular weight excluding hydrogens is 268 g/mol. The Morgan fingerprint density at radius 3 is 2.70 bits per heavy atom. The molecule has 7 heteroatoms. The number of amides is 3. The topological polar surface area (TPSA) is 52.7 Å². The normalized spacial score (nSPS) is 14.8. The highest BCUT2D eigenvalue weighted by Gasteiger charge is 2.31. The molecule has 0 saturated carbocycles. The van der Waals surface area contributed by atoms with E-state index in [1.165, 1.54) is 15.9 Å². The number of likely N-dealkylation sites (N-methyl/N-ethyl adjacent to an activating group) is 1. The van der Waals surface area contributed by atoms with Crippen molar-refractivity contribution in [2.45, 2.75) is 6.92 Å². The summed E-state index contributed by atoms with van der Waals surface area (Å²) in [5.74, 6) is -2.20. The van der Waals surface area contributed by atoms with Crippen LogP contribution >= 0.6 is 0 Å². The van der Waals surface area contributed by atoms with E-state index in [0.29, 0.717) is 19.6 Å². The minimum Gasteiger partial charge on any atom is -0.355 e. The molecule has 5 nitrogen and oxygen atoms in total. The zero-order chi connectivity index (χ0) is 14.7. The molecule has 2 rings (SSSR count). The highest BCUT2D eigenvalue weighted by molar-refractivity contribution is 5.96. The summed E-state index contributed by atoms with van der Waals surface area (Å²) >= 11 is 0. The second-order valence-electron chi connectivity index (χ2n) is 4.41. The number of nitrogens with zero attached hydrogens (tertiary/aromatic N) is 2. The van der Waals surface area contributed by atoms with E-state index in [0.717, 1.165) is 12.1 Å². The molecule has 1 saturated heterocycles. The summed E-state index contributed by atoms with van der Waals surface area (Å²) in [5, 5.41) is 2.60. The fraction of sp³-hybridized carbons (Fsp3) is 0.385. The molecule has 0 spiro atoms. The lowest BCUT2D eigenvalue weighted by molar-refractivity contribution is -0.121. The summed E-state index contributed by atoms with van der Waals surface area (Å²) in [6.45, 7) is 2.95. The zero-order valence-corrected chi connectivity index (χ0v) is 11.0. The third-order valence-electron chi connectivity index (χ3n) is 3.02. The van der Waals surface area contributed by atoms with E-state index < -0.39 is 11.6 Å². The van der Waals surface area contributed by atoms with Crippen LogP contribution in [0.15, 0.2) is 18.2 Å². The van der Waals surface area contributed by atoms with Crippen molar-refractivity contribution in [1.29, 1.82) is 0 Å². The number of nitrogens with one attached hydrogen (secondary N) is 1. The van der Waals surface area contributed by atoms with Crippen molar-refractivity contribution >= 4 is 17.6 Å². The van der Waals surface area contributed by atoms with Gasteiger partial charge in [0.1, 0.15) is 6.54 Å². The van der Waals surface area contributed by atoms with Gasteiger partial charge in [-0.05, 0) is 19.1 Å². The van der Waals surface area contributed by atoms with Gasteiger partial charge < -0.3 is 10.2 Å². The van der Waals surface area contributed by atoms with Gasteiger partial charge in [-0.3, -0.25) is 9.69 Å². The fourth-order valence-electron chi connectivity index (χ4n) is 2.05. The highest BCUT2D eigenvalue weighted by Crippen LogP contribution is 2.22. The van der Waals surface area contributed by atoms with Crippen LogP contribution in [0.2, 0.25) is 0 Å². The number of urea groups is 1. The second kappa shape index (κ2) is 5.85. The summed E-state index contributed by atoms with van der Waals surface area (Å²) in [6.07, 6.45) is 0. The van der Waals surface area contributed by atoms with Gasteiger partial charge in [0.15, 0.2) is 11.6 Å². The Hall–Kier alpha value is -2.18. The van der Waals surface area contributed by atoms with Crippen LogP contribution in [0, 0.1) is 11.6 Å². The first-order valence-corrected chi connectivity index (χ1v) is 6.31. The van der Waals surface area contributed by atoms with Crippen molar-refractivity contribution in [1.82, 2.24) is 10.2 Å². The molecule has 1 aromatic rings. The van der Waals surface area contributed by atoms with Gasteiger partial charge >= 0.3 is 6.03 Å². The number of hydrogen-bond acceptors (Lipinski definition) is 2. The Kier molecular flexibility index (Phi) is 4.16. The minimum atomic E-state index is -1.00. The predicted molar refractivity (Wildman–Crippen MR) is 69.4 cm³/mol. The van der Waals surface area contributed by atoms with Crippen molar-refractivity contribution in [3.63, 3.8) is 0 Å². The van der Waals surface area contributed by atoms with E-state index in [1.807, 2.05) is 0 Å². The first-order valence-electron chi connectivity index (χ1n) is 6.31. The van der Waals surface area contributed by atoms with Crippen LogP contribution in [-0.4, -0.2) is 43.0 Å². The standard InChI is InChI=1S/C13H15F2N3O2/c1-2-16-12(19)8-17-5-6-18(13(17)20)9-3-4-10(14)11(15)7-9/h3-4,7H,2,5-6,8H2,1H3,(H,16,19). The molecule has 0 unspecified atom stereocenters. The van der Waals surface area contributed by atoms with Crippen LogP contribution in [0.25, 0.3) is 0 Å². The molecule has 108 valence electrons. The first kappa shape index (κ1) is 14.2. The maximum Gasteiger partial charge on any atom is 0.325 e. The molecule has 1 heterocycles. The monoisotopic (exact) mass is 283 g/mol. The van der Waals surface area contributed by atoms with E-state index in [4.69, 9.17) is 0 Å². The highest BCUT2D eigenvalue weighted by atomic mass is 19.2. The van der Waals surface area contributed by atoms with Crippen molar-refractivity contribution in [2.75, 3.05) is 31.1 Å². The number of carbonyl (C=O) groups is 2. The van der Waals surface area contributed by atoms with Crippen LogP contribution in [0.1, 0.15) is 6.92 Å². The van der Waals surface area contributed by atoms with Gasteiger partial charge in [0.2, 0.25) is 5.91 Å². The molecule has 1 aromatic carbocycles. The maximum atomic E-state index is 13.2. The first-order chi connectivity index (χ1) is 9.52. The largest absolute Gasteiger partial charge is 0.355 e. The molecule has 1 aliphatic rings. The molecule has 0 aliphatic carbocycles. The molecule has 0 radical (unpaired) electrons. The van der Waals surface area contributed by atoms with Crippen molar-refractivity contribution in [2.24, 2.45) is 0 Å². The average molecular weight is 283 g/mol.